The van der Waals surface area contributed by atoms with Gasteiger partial charge in [0.05, 0.1) is 10.8 Å². The van der Waals surface area contributed by atoms with Crippen LogP contribution >= 0.6 is 0 Å². The number of carbonyl (C=O) groups excluding carboxylic acids is 1. The van der Waals surface area contributed by atoms with Gasteiger partial charge in [0.2, 0.25) is 15.9 Å². The van der Waals surface area contributed by atoms with E-state index in [0.717, 1.165) is 11.1 Å². The summed E-state index contributed by atoms with van der Waals surface area (Å²) in [7, 11) is -3.55. The highest BCUT2D eigenvalue weighted by Gasteiger charge is 2.33. The minimum Gasteiger partial charge on any atom is -0.459 e. The molecule has 0 saturated carbocycles. The molecule has 0 atom stereocenters. The molecule has 0 spiro atoms. The lowest BCUT2D eigenvalue weighted by atomic mass is 9.98. The Morgan fingerprint density at radius 3 is 2.38 bits per heavy atom. The van der Waals surface area contributed by atoms with Crippen LogP contribution in [0.15, 0.2) is 63.9 Å². The molecule has 3 aromatic rings. The topological polar surface area (TPSA) is 89.7 Å². The molecule has 4 rings (SSSR count). The van der Waals surface area contributed by atoms with Crippen molar-refractivity contribution in [3.63, 3.8) is 0 Å². The maximum atomic E-state index is 12.8. The molecule has 7 nitrogen and oxygen atoms in total. The summed E-state index contributed by atoms with van der Waals surface area (Å²) in [5.41, 5.74) is 2.44. The predicted molar refractivity (Wildman–Crippen MR) is 119 cm³/mol. The van der Waals surface area contributed by atoms with Gasteiger partial charge in [-0.2, -0.15) is 4.31 Å². The van der Waals surface area contributed by atoms with E-state index in [0.29, 0.717) is 30.2 Å². The van der Waals surface area contributed by atoms with Crippen molar-refractivity contribution in [1.82, 2.24) is 9.29 Å². The first kappa shape index (κ1) is 22.2. The molecular formula is C24H26N2O5S. The normalized spacial score (nSPS) is 15.6. The first-order chi connectivity index (χ1) is 15.3. The fourth-order valence-corrected chi connectivity index (χ4v) is 5.18. The summed E-state index contributed by atoms with van der Waals surface area (Å²) >= 11 is 0. The molecule has 2 heterocycles. The summed E-state index contributed by atoms with van der Waals surface area (Å²) in [5.74, 6) is 0.431. The van der Waals surface area contributed by atoms with Crippen LogP contribution in [0.25, 0.3) is 11.5 Å². The molecule has 1 aliphatic rings. The van der Waals surface area contributed by atoms with Gasteiger partial charge in [0.1, 0.15) is 18.1 Å². The fraction of sp³-hybridized carbons (Fsp3) is 0.333. The number of ether oxygens (including phenoxy) is 1. The van der Waals surface area contributed by atoms with Crippen molar-refractivity contribution in [3.8, 4) is 11.5 Å². The Labute approximate surface area is 188 Å². The van der Waals surface area contributed by atoms with Crippen molar-refractivity contribution < 1.29 is 22.4 Å². The van der Waals surface area contributed by atoms with Crippen LogP contribution < -0.4 is 0 Å². The van der Waals surface area contributed by atoms with Gasteiger partial charge in [-0.1, -0.05) is 35.9 Å². The molecule has 0 unspecified atom stereocenters. The summed E-state index contributed by atoms with van der Waals surface area (Å²) in [5, 5.41) is 0. The van der Waals surface area contributed by atoms with Crippen LogP contribution in [0, 0.1) is 19.8 Å². The Bertz CT molecular complexity index is 1180. The molecule has 1 fully saturated rings. The zero-order valence-corrected chi connectivity index (χ0v) is 19.0. The maximum absolute atomic E-state index is 12.8. The van der Waals surface area contributed by atoms with Crippen LogP contribution in [-0.2, 0) is 26.2 Å². The van der Waals surface area contributed by atoms with Gasteiger partial charge in [-0.3, -0.25) is 4.79 Å². The summed E-state index contributed by atoms with van der Waals surface area (Å²) in [6.45, 7) is 4.31. The van der Waals surface area contributed by atoms with E-state index in [1.165, 1.54) is 4.31 Å². The Balaban J connectivity index is 1.32. The highest BCUT2D eigenvalue weighted by Crippen LogP contribution is 2.26. The van der Waals surface area contributed by atoms with E-state index in [1.807, 2.05) is 37.3 Å². The number of hydrogen-bond acceptors (Lipinski definition) is 6. The highest BCUT2D eigenvalue weighted by molar-refractivity contribution is 7.89. The quantitative estimate of drug-likeness (QED) is 0.521. The minimum absolute atomic E-state index is 0.0306. The molecular weight excluding hydrogens is 428 g/mol. The smallest absolute Gasteiger partial charge is 0.309 e. The molecule has 0 N–H and O–H groups in total. The van der Waals surface area contributed by atoms with Crippen molar-refractivity contribution >= 4 is 16.0 Å². The molecule has 168 valence electrons. The van der Waals surface area contributed by atoms with Crippen LogP contribution in [-0.4, -0.2) is 36.8 Å². The molecule has 0 amide bonds. The molecule has 1 saturated heterocycles. The van der Waals surface area contributed by atoms with Gasteiger partial charge in [0.25, 0.3) is 0 Å². The number of aryl methyl sites for hydroxylation is 2. The lowest BCUT2D eigenvalue weighted by Gasteiger charge is -2.30. The summed E-state index contributed by atoms with van der Waals surface area (Å²) in [4.78, 5) is 17.3. The first-order valence-corrected chi connectivity index (χ1v) is 12.0. The standard InChI is InChI=1S/C24H26N2O5S/c1-17-8-10-21(11-9-17)32(28,29)26-14-12-20(13-15-26)24(27)30-16-22-18(2)31-23(25-22)19-6-4-3-5-7-19/h3-11,20H,12-16H2,1-2H3. The van der Waals surface area contributed by atoms with Crippen molar-refractivity contribution in [2.45, 2.75) is 38.2 Å². The van der Waals surface area contributed by atoms with E-state index < -0.39 is 10.0 Å². The van der Waals surface area contributed by atoms with Crippen molar-refractivity contribution in [3.05, 3.63) is 71.6 Å². The maximum Gasteiger partial charge on any atom is 0.309 e. The number of oxazole rings is 1. The molecule has 32 heavy (non-hydrogen) atoms. The molecule has 2 aromatic carbocycles. The Morgan fingerprint density at radius 1 is 1.06 bits per heavy atom. The van der Waals surface area contributed by atoms with Crippen LogP contribution in [0.4, 0.5) is 0 Å². The van der Waals surface area contributed by atoms with Gasteiger partial charge in [0.15, 0.2) is 0 Å². The van der Waals surface area contributed by atoms with Gasteiger partial charge in [0, 0.05) is 18.7 Å². The molecule has 1 aliphatic heterocycles. The first-order valence-electron chi connectivity index (χ1n) is 10.6. The lowest BCUT2D eigenvalue weighted by Crippen LogP contribution is -2.40. The monoisotopic (exact) mass is 454 g/mol. The SMILES string of the molecule is Cc1ccc(S(=O)(=O)N2CCC(C(=O)OCc3nc(-c4ccccc4)oc3C)CC2)cc1. The van der Waals surface area contributed by atoms with E-state index in [2.05, 4.69) is 4.98 Å². The van der Waals surface area contributed by atoms with Crippen molar-refractivity contribution in [2.75, 3.05) is 13.1 Å². The zero-order chi connectivity index (χ0) is 22.7. The number of hydrogen-bond donors (Lipinski definition) is 0. The van der Waals surface area contributed by atoms with Gasteiger partial charge in [-0.05, 0) is 51.0 Å². The van der Waals surface area contributed by atoms with Gasteiger partial charge in [-0.25, -0.2) is 13.4 Å². The third-order valence-electron chi connectivity index (χ3n) is 5.71. The van der Waals surface area contributed by atoms with E-state index >= 15 is 0 Å². The van der Waals surface area contributed by atoms with Gasteiger partial charge < -0.3 is 9.15 Å². The van der Waals surface area contributed by atoms with Crippen LogP contribution in [0.1, 0.15) is 29.9 Å². The third-order valence-corrected chi connectivity index (χ3v) is 7.62. The fourth-order valence-electron chi connectivity index (χ4n) is 3.71. The van der Waals surface area contributed by atoms with Crippen LogP contribution in [0.5, 0.6) is 0 Å². The lowest BCUT2D eigenvalue weighted by molar-refractivity contribution is -0.151. The third kappa shape index (κ3) is 4.76. The van der Waals surface area contributed by atoms with E-state index in [1.54, 1.807) is 31.2 Å². The van der Waals surface area contributed by atoms with Crippen molar-refractivity contribution in [1.29, 1.82) is 0 Å². The molecule has 0 aliphatic carbocycles. The molecule has 0 radical (unpaired) electrons. The minimum atomic E-state index is -3.55. The number of aromatic nitrogens is 1. The summed E-state index contributed by atoms with van der Waals surface area (Å²) in [6.07, 6.45) is 0.855. The molecule has 0 bridgehead atoms. The van der Waals surface area contributed by atoms with Crippen molar-refractivity contribution in [2.24, 2.45) is 5.92 Å². The number of benzene rings is 2. The van der Waals surface area contributed by atoms with E-state index in [4.69, 9.17) is 9.15 Å². The van der Waals surface area contributed by atoms with Crippen LogP contribution in [0.3, 0.4) is 0 Å². The number of nitrogens with zero attached hydrogens (tertiary/aromatic N) is 2. The molecule has 1 aromatic heterocycles. The summed E-state index contributed by atoms with van der Waals surface area (Å²) in [6, 6.07) is 16.3. The molecule has 8 heteroatoms. The van der Waals surface area contributed by atoms with Gasteiger partial charge >= 0.3 is 5.97 Å². The average Bonchev–Trinajstić information content (AvgIpc) is 3.19. The number of piperidine rings is 1. The van der Waals surface area contributed by atoms with Crippen LogP contribution in [0.2, 0.25) is 0 Å². The van der Waals surface area contributed by atoms with E-state index in [9.17, 15) is 13.2 Å². The number of carbonyl (C=O) groups is 1. The predicted octanol–water partition coefficient (Wildman–Crippen LogP) is 4.10. The Hall–Kier alpha value is -2.97. The Kier molecular flexibility index (Phi) is 6.43. The number of esters is 1. The zero-order valence-electron chi connectivity index (χ0n) is 18.2. The second-order valence-corrected chi connectivity index (χ2v) is 9.92. The van der Waals surface area contributed by atoms with E-state index in [-0.39, 0.29) is 36.5 Å². The average molecular weight is 455 g/mol. The highest BCUT2D eigenvalue weighted by atomic mass is 32.2. The second kappa shape index (κ2) is 9.26. The van der Waals surface area contributed by atoms with Gasteiger partial charge in [-0.15, -0.1) is 0 Å². The number of sulfonamides is 1. The second-order valence-electron chi connectivity index (χ2n) is 7.99. The largest absolute Gasteiger partial charge is 0.459 e. The summed E-state index contributed by atoms with van der Waals surface area (Å²) < 4.78 is 38.3. The number of rotatable bonds is 6. The Morgan fingerprint density at radius 2 is 1.72 bits per heavy atom.